The van der Waals surface area contributed by atoms with E-state index in [0.717, 1.165) is 29.3 Å². The number of hydrogen-bond acceptors (Lipinski definition) is 6. The zero-order valence-electron chi connectivity index (χ0n) is 16.3. The second kappa shape index (κ2) is 7.86. The molecule has 2 aromatic heterocycles. The van der Waals surface area contributed by atoms with E-state index < -0.39 is 0 Å². The second-order valence-corrected chi connectivity index (χ2v) is 7.04. The quantitative estimate of drug-likeness (QED) is 0.730. The molecular formula is C20H22N6O3. The van der Waals surface area contributed by atoms with Gasteiger partial charge in [-0.25, -0.2) is 9.48 Å². The molecule has 3 heterocycles. The molecule has 1 aliphatic rings. The molecule has 2 amide bonds. The fourth-order valence-electron chi connectivity index (χ4n) is 3.70. The number of nitrogens with zero attached hydrogens (tertiary/aromatic N) is 5. The van der Waals surface area contributed by atoms with Crippen LogP contribution in [0.5, 0.6) is 0 Å². The molecule has 9 nitrogen and oxygen atoms in total. The summed E-state index contributed by atoms with van der Waals surface area (Å²) in [4.78, 5) is 30.3. The number of nitrogens with one attached hydrogen (secondary N) is 1. The molecule has 150 valence electrons. The zero-order chi connectivity index (χ0) is 20.4. The molecule has 29 heavy (non-hydrogen) atoms. The van der Waals surface area contributed by atoms with Crippen molar-refractivity contribution in [2.75, 3.05) is 20.2 Å². The maximum atomic E-state index is 12.8. The number of ether oxygens (including phenoxy) is 1. The number of carbonyl (C=O) groups excluding carboxylic acids is 2. The Morgan fingerprint density at radius 2 is 2.14 bits per heavy atom. The molecule has 0 unspecified atom stereocenters. The number of likely N-dealkylation sites (tertiary alicyclic amines) is 1. The van der Waals surface area contributed by atoms with Crippen LogP contribution in [0.25, 0.3) is 16.5 Å². The van der Waals surface area contributed by atoms with Gasteiger partial charge in [0.05, 0.1) is 18.5 Å². The van der Waals surface area contributed by atoms with Crippen molar-refractivity contribution >= 4 is 22.8 Å². The van der Waals surface area contributed by atoms with E-state index in [4.69, 9.17) is 4.74 Å². The minimum Gasteiger partial charge on any atom is -0.453 e. The van der Waals surface area contributed by atoms with Gasteiger partial charge in [-0.05, 0) is 31.9 Å². The van der Waals surface area contributed by atoms with Crippen LogP contribution in [-0.4, -0.2) is 63.1 Å². The fraction of sp³-hybridized carbons (Fsp3) is 0.350. The third-order valence-electron chi connectivity index (χ3n) is 5.18. The lowest BCUT2D eigenvalue weighted by Gasteiger charge is -2.31. The van der Waals surface area contributed by atoms with Crippen LogP contribution in [0.3, 0.4) is 0 Å². The Balaban J connectivity index is 1.55. The van der Waals surface area contributed by atoms with Gasteiger partial charge in [-0.1, -0.05) is 17.3 Å². The zero-order valence-corrected chi connectivity index (χ0v) is 16.3. The molecule has 0 spiro atoms. The highest BCUT2D eigenvalue weighted by atomic mass is 16.5. The Labute approximate surface area is 167 Å². The number of aromatic nitrogens is 4. The molecule has 1 aromatic carbocycles. The van der Waals surface area contributed by atoms with Crippen molar-refractivity contribution in [2.24, 2.45) is 0 Å². The predicted molar refractivity (Wildman–Crippen MR) is 106 cm³/mol. The summed E-state index contributed by atoms with van der Waals surface area (Å²) in [6.45, 7) is 2.86. The van der Waals surface area contributed by atoms with E-state index in [0.29, 0.717) is 18.8 Å². The average Bonchev–Trinajstić information content (AvgIpc) is 3.14. The third-order valence-corrected chi connectivity index (χ3v) is 5.18. The number of rotatable bonds is 3. The number of amides is 2. The fourth-order valence-corrected chi connectivity index (χ4v) is 3.70. The summed E-state index contributed by atoms with van der Waals surface area (Å²) < 4.78 is 6.44. The van der Waals surface area contributed by atoms with Crippen molar-refractivity contribution < 1.29 is 14.3 Å². The van der Waals surface area contributed by atoms with Crippen molar-refractivity contribution in [1.82, 2.24) is 30.2 Å². The van der Waals surface area contributed by atoms with E-state index in [-0.39, 0.29) is 23.7 Å². The molecule has 0 radical (unpaired) electrons. The number of pyridine rings is 1. The molecule has 0 saturated carbocycles. The van der Waals surface area contributed by atoms with Crippen molar-refractivity contribution in [3.05, 3.63) is 48.0 Å². The average molecular weight is 394 g/mol. The molecule has 1 saturated heterocycles. The highest BCUT2D eigenvalue weighted by Crippen LogP contribution is 2.22. The summed E-state index contributed by atoms with van der Waals surface area (Å²) in [6.07, 6.45) is 4.73. The van der Waals surface area contributed by atoms with E-state index in [1.54, 1.807) is 22.0 Å². The SMILES string of the molecule is COC(=O)N1CCC[C@@H](NC(=O)c2nnn(-c3cccc4cnccc34)c2C)C1. The summed E-state index contributed by atoms with van der Waals surface area (Å²) in [5.41, 5.74) is 1.75. The number of fused-ring (bicyclic) bond motifs is 1. The second-order valence-electron chi connectivity index (χ2n) is 7.04. The van der Waals surface area contributed by atoms with Gasteiger partial charge in [-0.2, -0.15) is 0 Å². The molecule has 1 N–H and O–H groups in total. The molecule has 9 heteroatoms. The molecule has 0 aliphatic carbocycles. The Kier molecular flexibility index (Phi) is 5.11. The number of hydrogen-bond donors (Lipinski definition) is 1. The summed E-state index contributed by atoms with van der Waals surface area (Å²) >= 11 is 0. The number of carbonyl (C=O) groups is 2. The first-order chi connectivity index (χ1) is 14.1. The number of piperidine rings is 1. The maximum Gasteiger partial charge on any atom is 0.409 e. The number of benzene rings is 1. The van der Waals surface area contributed by atoms with Gasteiger partial charge in [0, 0.05) is 42.3 Å². The highest BCUT2D eigenvalue weighted by molar-refractivity contribution is 5.94. The van der Waals surface area contributed by atoms with E-state index in [2.05, 4.69) is 20.6 Å². The summed E-state index contributed by atoms with van der Waals surface area (Å²) in [5.74, 6) is -0.299. The van der Waals surface area contributed by atoms with E-state index in [9.17, 15) is 9.59 Å². The van der Waals surface area contributed by atoms with Gasteiger partial charge in [-0.3, -0.25) is 9.78 Å². The van der Waals surface area contributed by atoms with Crippen LogP contribution < -0.4 is 5.32 Å². The van der Waals surface area contributed by atoms with E-state index >= 15 is 0 Å². The lowest BCUT2D eigenvalue weighted by molar-refractivity contribution is 0.0860. The largest absolute Gasteiger partial charge is 0.453 e. The minimum atomic E-state index is -0.378. The summed E-state index contributed by atoms with van der Waals surface area (Å²) in [7, 11) is 1.36. The monoisotopic (exact) mass is 394 g/mol. The molecular weight excluding hydrogens is 372 g/mol. The molecule has 4 rings (SSSR count). The van der Waals surface area contributed by atoms with Crippen LogP contribution in [0.2, 0.25) is 0 Å². The molecule has 0 bridgehead atoms. The van der Waals surface area contributed by atoms with Crippen molar-refractivity contribution in [3.8, 4) is 5.69 Å². The Morgan fingerprint density at radius 3 is 2.97 bits per heavy atom. The standard InChI is InChI=1S/C20H22N6O3/c1-13-18(19(27)22-15-6-4-10-25(12-15)20(28)29-2)23-24-26(13)17-7-3-5-14-11-21-9-8-16(14)17/h3,5,7-9,11,15H,4,6,10,12H2,1-2H3,(H,22,27)/t15-/m1/s1. The summed E-state index contributed by atoms with van der Waals surface area (Å²) in [5, 5.41) is 13.3. The lowest BCUT2D eigenvalue weighted by atomic mass is 10.1. The topological polar surface area (TPSA) is 102 Å². The predicted octanol–water partition coefficient (Wildman–Crippen LogP) is 2.08. The molecule has 1 atom stereocenters. The van der Waals surface area contributed by atoms with Gasteiger partial charge in [-0.15, -0.1) is 5.10 Å². The van der Waals surface area contributed by atoms with E-state index in [1.807, 2.05) is 31.2 Å². The van der Waals surface area contributed by atoms with Crippen LogP contribution in [-0.2, 0) is 4.74 Å². The van der Waals surface area contributed by atoms with Crippen molar-refractivity contribution in [2.45, 2.75) is 25.8 Å². The van der Waals surface area contributed by atoms with Gasteiger partial charge >= 0.3 is 6.09 Å². The van der Waals surface area contributed by atoms with Gasteiger partial charge in [0.2, 0.25) is 0 Å². The smallest absolute Gasteiger partial charge is 0.409 e. The Hall–Kier alpha value is -3.49. The van der Waals surface area contributed by atoms with Crippen LogP contribution in [0, 0.1) is 6.92 Å². The van der Waals surface area contributed by atoms with Crippen molar-refractivity contribution in [3.63, 3.8) is 0 Å². The number of methoxy groups -OCH3 is 1. The molecule has 3 aromatic rings. The van der Waals surface area contributed by atoms with Gasteiger partial charge in [0.25, 0.3) is 5.91 Å². The maximum absolute atomic E-state index is 12.8. The first kappa shape index (κ1) is 18.9. The Morgan fingerprint density at radius 1 is 1.28 bits per heavy atom. The van der Waals surface area contributed by atoms with Gasteiger partial charge < -0.3 is 15.0 Å². The highest BCUT2D eigenvalue weighted by Gasteiger charge is 2.27. The van der Waals surface area contributed by atoms with Crippen LogP contribution >= 0.6 is 0 Å². The Bertz CT molecular complexity index is 1060. The lowest BCUT2D eigenvalue weighted by Crippen LogP contribution is -2.49. The first-order valence-electron chi connectivity index (χ1n) is 9.47. The normalized spacial score (nSPS) is 16.6. The first-order valence-corrected chi connectivity index (χ1v) is 9.47. The van der Waals surface area contributed by atoms with Crippen molar-refractivity contribution in [1.29, 1.82) is 0 Å². The van der Waals surface area contributed by atoms with Crippen LogP contribution in [0.15, 0.2) is 36.7 Å². The van der Waals surface area contributed by atoms with Gasteiger partial charge in [0.15, 0.2) is 5.69 Å². The summed E-state index contributed by atoms with van der Waals surface area (Å²) in [6, 6.07) is 7.59. The third kappa shape index (κ3) is 3.63. The minimum absolute atomic E-state index is 0.150. The van der Waals surface area contributed by atoms with Crippen LogP contribution in [0.1, 0.15) is 29.0 Å². The van der Waals surface area contributed by atoms with Crippen LogP contribution in [0.4, 0.5) is 4.79 Å². The molecule has 1 aliphatic heterocycles. The van der Waals surface area contributed by atoms with Gasteiger partial charge in [0.1, 0.15) is 0 Å². The van der Waals surface area contributed by atoms with E-state index in [1.165, 1.54) is 7.11 Å². The molecule has 1 fully saturated rings.